The van der Waals surface area contributed by atoms with Gasteiger partial charge in [0.15, 0.2) is 0 Å². The van der Waals surface area contributed by atoms with Crippen LogP contribution in [0.3, 0.4) is 0 Å². The van der Waals surface area contributed by atoms with Crippen LogP contribution < -0.4 is 22.4 Å². The van der Waals surface area contributed by atoms with Crippen molar-refractivity contribution in [3.8, 4) is 0 Å². The van der Waals surface area contributed by atoms with Gasteiger partial charge in [-0.15, -0.1) is 0 Å². The summed E-state index contributed by atoms with van der Waals surface area (Å²) in [6, 6.07) is 13.1. The number of benzene rings is 2. The van der Waals surface area contributed by atoms with Gasteiger partial charge in [-0.2, -0.15) is 15.4 Å². The van der Waals surface area contributed by atoms with Gasteiger partial charge in [-0.1, -0.05) is 6.07 Å². The van der Waals surface area contributed by atoms with Crippen LogP contribution >= 0.6 is 18.6 Å². The predicted octanol–water partition coefficient (Wildman–Crippen LogP) is 1.05. The summed E-state index contributed by atoms with van der Waals surface area (Å²) in [7, 11) is 0. The van der Waals surface area contributed by atoms with Crippen molar-refractivity contribution in [2.75, 3.05) is 44.2 Å². The van der Waals surface area contributed by atoms with Crippen molar-refractivity contribution in [1.29, 1.82) is 0 Å². The Hall–Kier alpha value is -1.67. The number of anilines is 1. The first kappa shape index (κ1) is 22.8. The Bertz CT molecular complexity index is 1200. The minimum absolute atomic E-state index is 0.134. The number of nitrogens with zero attached hydrogens (tertiary/aromatic N) is 5. The van der Waals surface area contributed by atoms with Crippen LogP contribution in [0.25, 0.3) is 11.0 Å². The number of nitrogens with one attached hydrogen (secondary N) is 1. The molecule has 0 saturated carbocycles. The fourth-order valence-electron chi connectivity index (χ4n) is 5.56. The average molecular weight is 685 g/mol. The number of piperazine rings is 1. The third-order valence-corrected chi connectivity index (χ3v) is 12.3. The van der Waals surface area contributed by atoms with Gasteiger partial charge in [0.2, 0.25) is 0 Å². The first-order valence-electron chi connectivity index (χ1n) is 11.8. The fraction of sp³-hybridized carbons (Fsp3) is 0.458. The van der Waals surface area contributed by atoms with Crippen molar-refractivity contribution in [2.24, 2.45) is 0 Å². The van der Waals surface area contributed by atoms with E-state index in [9.17, 15) is 4.79 Å². The number of ether oxygens (including phenoxy) is 1. The molecule has 34 heavy (non-hydrogen) atoms. The average Bonchev–Trinajstić information content (AvgIpc) is 3.46. The van der Waals surface area contributed by atoms with Crippen LogP contribution in [0, 0.1) is 0 Å². The van der Waals surface area contributed by atoms with E-state index in [4.69, 9.17) is 4.74 Å². The second kappa shape index (κ2) is 9.76. The number of hydrogen-bond donors (Lipinski definition) is 1. The SMILES string of the molecule is O=C(OCCc1ccc2n[nH]nc2c1)N1CCC2CC1c1cc(N3CCN([I-]I)CC3)ccc12. The molecule has 1 aromatic heterocycles. The molecule has 10 heteroatoms. The first-order valence-corrected chi connectivity index (χ1v) is 19.1. The molecule has 2 bridgehead atoms. The molecule has 2 aliphatic heterocycles. The molecule has 0 spiro atoms. The number of carbonyl (C=O) groups excluding carboxylic acids is 1. The van der Waals surface area contributed by atoms with Gasteiger partial charge < -0.3 is 0 Å². The molecule has 6 rings (SSSR count). The molecular formula is C24H27I2N6O2-. The van der Waals surface area contributed by atoms with Gasteiger partial charge in [0, 0.05) is 6.42 Å². The van der Waals surface area contributed by atoms with Crippen LogP contribution in [-0.2, 0) is 11.2 Å². The van der Waals surface area contributed by atoms with Gasteiger partial charge in [-0.25, -0.2) is 0 Å². The fourth-order valence-corrected chi connectivity index (χ4v) is 8.81. The third kappa shape index (κ3) is 4.36. The van der Waals surface area contributed by atoms with Crippen LogP contribution in [0.5, 0.6) is 0 Å². The van der Waals surface area contributed by atoms with Gasteiger partial charge >= 0.3 is 164 Å². The molecular weight excluding hydrogens is 658 g/mol. The molecule has 2 unspecified atom stereocenters. The third-order valence-electron chi connectivity index (χ3n) is 7.38. The maximum atomic E-state index is 13.1. The van der Waals surface area contributed by atoms with Crippen LogP contribution in [0.2, 0.25) is 0 Å². The van der Waals surface area contributed by atoms with Crippen LogP contribution in [-0.4, -0.2) is 68.8 Å². The van der Waals surface area contributed by atoms with Gasteiger partial charge in [-0.05, 0) is 17.7 Å². The quantitative estimate of drug-likeness (QED) is 0.320. The predicted molar refractivity (Wildman–Crippen MR) is 135 cm³/mol. The molecule has 1 amide bonds. The zero-order valence-electron chi connectivity index (χ0n) is 18.8. The van der Waals surface area contributed by atoms with Crippen molar-refractivity contribution in [3.63, 3.8) is 0 Å². The number of likely N-dealkylation sites (tertiary alicyclic amines) is 1. The second-order valence-electron chi connectivity index (χ2n) is 9.22. The Balaban J connectivity index is 1.12. The van der Waals surface area contributed by atoms with E-state index in [1.54, 1.807) is 0 Å². The molecule has 3 heterocycles. The standard InChI is InChI=1S/C24H27I2N6O2/c25-26-31-10-8-30(9-11-31)18-2-3-19-17-5-7-32(23(14-17)20(19)15-18)24(33)34-12-6-16-1-4-21-22(13-16)28-29-27-21/h1-4,13,15,17,23H,5-12,14H2,(H,27,28,29)/q-1. The molecule has 2 aromatic carbocycles. The summed E-state index contributed by atoms with van der Waals surface area (Å²) in [5.74, 6) is 0.563. The normalized spacial score (nSPS) is 22.4. The number of hydrogen-bond acceptors (Lipinski definition) is 6. The molecule has 180 valence electrons. The van der Waals surface area contributed by atoms with Crippen molar-refractivity contribution in [3.05, 3.63) is 53.1 Å². The van der Waals surface area contributed by atoms with E-state index < -0.39 is 0 Å². The summed E-state index contributed by atoms with van der Waals surface area (Å²) in [5, 5.41) is 10.9. The van der Waals surface area contributed by atoms with Crippen molar-refractivity contribution in [1.82, 2.24) is 23.4 Å². The van der Waals surface area contributed by atoms with Crippen molar-refractivity contribution in [2.45, 2.75) is 31.2 Å². The minimum atomic E-state index is -0.191. The number of fused-ring (bicyclic) bond motifs is 6. The van der Waals surface area contributed by atoms with Crippen LogP contribution in [0.15, 0.2) is 36.4 Å². The summed E-state index contributed by atoms with van der Waals surface area (Å²) < 4.78 is 8.34. The van der Waals surface area contributed by atoms with E-state index in [2.05, 4.69) is 60.2 Å². The van der Waals surface area contributed by atoms with Gasteiger partial charge in [-0.3, -0.25) is 0 Å². The maximum absolute atomic E-state index is 13.1. The van der Waals surface area contributed by atoms with E-state index in [0.717, 1.165) is 62.2 Å². The Morgan fingerprint density at radius 2 is 1.91 bits per heavy atom. The number of aromatic amines is 1. The van der Waals surface area contributed by atoms with Gasteiger partial charge in [0.25, 0.3) is 0 Å². The molecule has 2 fully saturated rings. The summed E-state index contributed by atoms with van der Waals surface area (Å²) in [5.41, 5.74) is 6.83. The molecule has 8 nitrogen and oxygen atoms in total. The van der Waals surface area contributed by atoms with E-state index in [1.807, 2.05) is 23.1 Å². The topological polar surface area (TPSA) is 77.6 Å². The van der Waals surface area contributed by atoms with E-state index in [-0.39, 0.29) is 29.6 Å². The number of H-pyrrole nitrogens is 1. The number of carbonyl (C=O) groups is 1. The number of aromatic nitrogens is 3. The van der Waals surface area contributed by atoms with Crippen LogP contribution in [0.1, 0.15) is 41.5 Å². The van der Waals surface area contributed by atoms with Gasteiger partial charge in [0.1, 0.15) is 11.0 Å². The molecule has 3 aromatic rings. The number of rotatable bonds is 5. The van der Waals surface area contributed by atoms with Crippen LogP contribution in [0.4, 0.5) is 10.5 Å². The summed E-state index contributed by atoms with van der Waals surface area (Å²) in [6.07, 6.45) is 2.51. The van der Waals surface area contributed by atoms with E-state index in [1.165, 1.54) is 16.8 Å². The van der Waals surface area contributed by atoms with Crippen molar-refractivity contribution < 1.29 is 27.0 Å². The zero-order chi connectivity index (χ0) is 23.1. The molecule has 3 aliphatic rings. The first-order chi connectivity index (χ1) is 16.7. The monoisotopic (exact) mass is 685 g/mol. The van der Waals surface area contributed by atoms with Gasteiger partial charge in [0.05, 0.1) is 0 Å². The molecule has 2 saturated heterocycles. The number of piperidine rings is 1. The number of amides is 1. The summed E-state index contributed by atoms with van der Waals surface area (Å²) in [6.45, 7) is 5.61. The Morgan fingerprint density at radius 3 is 2.76 bits per heavy atom. The molecule has 0 radical (unpaired) electrons. The van der Waals surface area contributed by atoms with Crippen molar-refractivity contribution >= 4 is 41.4 Å². The zero-order valence-corrected chi connectivity index (χ0v) is 23.1. The molecule has 1 aliphatic carbocycles. The second-order valence-corrected chi connectivity index (χ2v) is 13.4. The summed E-state index contributed by atoms with van der Waals surface area (Å²) in [4.78, 5) is 17.5. The van der Waals surface area contributed by atoms with E-state index in [0.29, 0.717) is 18.9 Å². The Morgan fingerprint density at radius 1 is 1.06 bits per heavy atom. The Labute approximate surface area is 219 Å². The number of halogens is 2. The summed E-state index contributed by atoms with van der Waals surface area (Å²) >= 11 is 2.71. The molecule has 1 N–H and O–H groups in total. The van der Waals surface area contributed by atoms with E-state index >= 15 is 0 Å². The molecule has 2 atom stereocenters. The Kier molecular flexibility index (Phi) is 6.54.